The molecule has 0 atom stereocenters. The maximum Gasteiger partial charge on any atom is 0.297 e. The van der Waals surface area contributed by atoms with Gasteiger partial charge in [-0.2, -0.15) is 4.98 Å². The van der Waals surface area contributed by atoms with E-state index in [9.17, 15) is 0 Å². The van der Waals surface area contributed by atoms with Crippen molar-refractivity contribution in [3.63, 3.8) is 0 Å². The summed E-state index contributed by atoms with van der Waals surface area (Å²) >= 11 is 0. The van der Waals surface area contributed by atoms with E-state index in [1.807, 2.05) is 7.05 Å². The highest BCUT2D eigenvalue weighted by molar-refractivity contribution is 5.30. The van der Waals surface area contributed by atoms with E-state index in [2.05, 4.69) is 42.9 Å². The second-order valence-corrected chi connectivity index (χ2v) is 4.63. The summed E-state index contributed by atoms with van der Waals surface area (Å²) in [5, 5.41) is 3.23. The Labute approximate surface area is 98.0 Å². The molecule has 0 aliphatic heterocycles. The van der Waals surface area contributed by atoms with Crippen LogP contribution in [0.5, 0.6) is 0 Å². The molecular weight excluding hydrogens is 202 g/mol. The Kier molecular flexibility index (Phi) is 4.35. The van der Waals surface area contributed by atoms with Gasteiger partial charge in [-0.25, -0.2) is 0 Å². The normalized spacial score (nSPS) is 11.8. The molecule has 4 heteroatoms. The maximum absolute atomic E-state index is 5.49. The number of oxazole rings is 1. The van der Waals surface area contributed by atoms with Crippen LogP contribution >= 0.6 is 0 Å². The molecule has 0 spiro atoms. The molecule has 1 N–H and O–H groups in total. The first-order chi connectivity index (χ1) is 7.51. The van der Waals surface area contributed by atoms with Gasteiger partial charge in [-0.15, -0.1) is 0 Å². The van der Waals surface area contributed by atoms with Gasteiger partial charge in [0, 0.05) is 19.1 Å². The number of hydrogen-bond acceptors (Lipinski definition) is 4. The zero-order chi connectivity index (χ0) is 12.2. The van der Waals surface area contributed by atoms with Gasteiger partial charge in [0.05, 0.1) is 5.69 Å². The van der Waals surface area contributed by atoms with Crippen LogP contribution in [0.2, 0.25) is 0 Å². The van der Waals surface area contributed by atoms with Gasteiger partial charge in [-0.1, -0.05) is 13.8 Å². The number of hydrogen-bond donors (Lipinski definition) is 1. The fraction of sp³-hybridized carbons (Fsp3) is 0.750. The van der Waals surface area contributed by atoms with Gasteiger partial charge in [0.15, 0.2) is 0 Å². The fourth-order valence-electron chi connectivity index (χ4n) is 1.28. The predicted octanol–water partition coefficient (Wildman–Crippen LogP) is 2.41. The van der Waals surface area contributed by atoms with Gasteiger partial charge in [0.2, 0.25) is 0 Å². The summed E-state index contributed by atoms with van der Waals surface area (Å²) < 4.78 is 5.49. The largest absolute Gasteiger partial charge is 0.432 e. The van der Waals surface area contributed by atoms with Gasteiger partial charge in [-0.3, -0.25) is 0 Å². The van der Waals surface area contributed by atoms with Crippen molar-refractivity contribution in [3.8, 4) is 0 Å². The third-order valence-corrected chi connectivity index (χ3v) is 3.16. The van der Waals surface area contributed by atoms with Crippen molar-refractivity contribution in [1.29, 1.82) is 0 Å². The van der Waals surface area contributed by atoms with Crippen LogP contribution in [-0.2, 0) is 6.54 Å². The zero-order valence-corrected chi connectivity index (χ0v) is 11.0. The SMILES string of the molecule is CCNCc1coc(N(C)C(C)(C)CC)n1. The molecule has 92 valence electrons. The van der Waals surface area contributed by atoms with E-state index < -0.39 is 0 Å². The van der Waals surface area contributed by atoms with Crippen LogP contribution in [0.3, 0.4) is 0 Å². The van der Waals surface area contributed by atoms with Crippen molar-refractivity contribution in [2.24, 2.45) is 0 Å². The summed E-state index contributed by atoms with van der Waals surface area (Å²) in [6.07, 6.45) is 2.77. The minimum Gasteiger partial charge on any atom is -0.432 e. The van der Waals surface area contributed by atoms with Crippen molar-refractivity contribution >= 4 is 6.01 Å². The Bertz CT molecular complexity index is 320. The number of nitrogens with one attached hydrogen (secondary N) is 1. The van der Waals surface area contributed by atoms with Gasteiger partial charge in [-0.05, 0) is 26.8 Å². The number of anilines is 1. The Morgan fingerprint density at radius 2 is 2.12 bits per heavy atom. The van der Waals surface area contributed by atoms with Crippen LogP contribution < -0.4 is 10.2 Å². The lowest BCUT2D eigenvalue weighted by atomic mass is 10.0. The van der Waals surface area contributed by atoms with Crippen LogP contribution in [0.1, 0.15) is 39.8 Å². The van der Waals surface area contributed by atoms with Crippen molar-refractivity contribution in [3.05, 3.63) is 12.0 Å². The molecule has 0 bridgehead atoms. The minimum absolute atomic E-state index is 0.0698. The second kappa shape index (κ2) is 5.34. The van der Waals surface area contributed by atoms with Crippen molar-refractivity contribution in [2.75, 3.05) is 18.5 Å². The smallest absolute Gasteiger partial charge is 0.297 e. The van der Waals surface area contributed by atoms with E-state index in [0.29, 0.717) is 6.01 Å². The molecular formula is C12H23N3O. The molecule has 1 rings (SSSR count). The van der Waals surface area contributed by atoms with Crippen LogP contribution in [-0.4, -0.2) is 24.1 Å². The Morgan fingerprint density at radius 3 is 2.69 bits per heavy atom. The van der Waals surface area contributed by atoms with E-state index in [0.717, 1.165) is 25.2 Å². The fourth-order valence-corrected chi connectivity index (χ4v) is 1.28. The lowest BCUT2D eigenvalue weighted by Crippen LogP contribution is -2.40. The quantitative estimate of drug-likeness (QED) is 0.807. The molecule has 0 aliphatic rings. The van der Waals surface area contributed by atoms with E-state index >= 15 is 0 Å². The molecule has 0 aromatic carbocycles. The molecule has 1 aromatic rings. The Morgan fingerprint density at radius 1 is 1.44 bits per heavy atom. The summed E-state index contributed by atoms with van der Waals surface area (Å²) in [5.74, 6) is 0. The standard InChI is InChI=1S/C12H23N3O/c1-6-12(3,4)15(5)11-14-10(9-16-11)8-13-7-2/h9,13H,6-8H2,1-5H3. The lowest BCUT2D eigenvalue weighted by Gasteiger charge is -2.33. The van der Waals surface area contributed by atoms with E-state index in [4.69, 9.17) is 4.42 Å². The molecule has 16 heavy (non-hydrogen) atoms. The minimum atomic E-state index is 0.0698. The monoisotopic (exact) mass is 225 g/mol. The summed E-state index contributed by atoms with van der Waals surface area (Å²) in [7, 11) is 2.02. The average Bonchev–Trinajstić information content (AvgIpc) is 2.73. The number of rotatable bonds is 6. The molecule has 0 radical (unpaired) electrons. The highest BCUT2D eigenvalue weighted by atomic mass is 16.4. The van der Waals surface area contributed by atoms with Gasteiger partial charge < -0.3 is 14.6 Å². The van der Waals surface area contributed by atoms with E-state index in [1.165, 1.54) is 0 Å². The topological polar surface area (TPSA) is 41.3 Å². The third-order valence-electron chi connectivity index (χ3n) is 3.16. The zero-order valence-electron chi connectivity index (χ0n) is 11.0. The van der Waals surface area contributed by atoms with Crippen LogP contribution in [0.4, 0.5) is 6.01 Å². The maximum atomic E-state index is 5.49. The van der Waals surface area contributed by atoms with E-state index in [1.54, 1.807) is 6.26 Å². The molecule has 0 saturated carbocycles. The summed E-state index contributed by atoms with van der Waals surface area (Å²) in [5.41, 5.74) is 1.02. The molecule has 0 aliphatic carbocycles. The average molecular weight is 225 g/mol. The number of aromatic nitrogens is 1. The van der Waals surface area contributed by atoms with E-state index in [-0.39, 0.29) is 5.54 Å². The molecule has 0 unspecified atom stereocenters. The first-order valence-electron chi connectivity index (χ1n) is 5.90. The summed E-state index contributed by atoms with van der Waals surface area (Å²) in [6.45, 7) is 10.3. The molecule has 1 aromatic heterocycles. The molecule has 4 nitrogen and oxygen atoms in total. The first kappa shape index (κ1) is 13.0. The number of nitrogens with zero attached hydrogens (tertiary/aromatic N) is 2. The van der Waals surface area contributed by atoms with Crippen LogP contribution in [0.15, 0.2) is 10.7 Å². The van der Waals surface area contributed by atoms with Crippen molar-refractivity contribution in [2.45, 2.75) is 46.2 Å². The lowest BCUT2D eigenvalue weighted by molar-refractivity contribution is 0.424. The summed E-state index contributed by atoms with van der Waals surface area (Å²) in [6, 6.07) is 0.694. The van der Waals surface area contributed by atoms with Gasteiger partial charge in [0.25, 0.3) is 6.01 Å². The third kappa shape index (κ3) is 2.98. The molecule has 0 fully saturated rings. The second-order valence-electron chi connectivity index (χ2n) is 4.63. The first-order valence-corrected chi connectivity index (χ1v) is 5.90. The predicted molar refractivity (Wildman–Crippen MR) is 66.7 cm³/mol. The van der Waals surface area contributed by atoms with Crippen molar-refractivity contribution < 1.29 is 4.42 Å². The van der Waals surface area contributed by atoms with Gasteiger partial charge in [0.1, 0.15) is 6.26 Å². The Balaban J connectivity index is 2.70. The van der Waals surface area contributed by atoms with Crippen molar-refractivity contribution in [1.82, 2.24) is 10.3 Å². The Hall–Kier alpha value is -1.03. The molecule has 1 heterocycles. The molecule has 0 amide bonds. The van der Waals surface area contributed by atoms with Crippen LogP contribution in [0, 0.1) is 0 Å². The molecule has 0 saturated heterocycles. The highest BCUT2D eigenvalue weighted by Gasteiger charge is 2.24. The summed E-state index contributed by atoms with van der Waals surface area (Å²) in [4.78, 5) is 6.54. The van der Waals surface area contributed by atoms with Crippen LogP contribution in [0.25, 0.3) is 0 Å². The highest BCUT2D eigenvalue weighted by Crippen LogP contribution is 2.23. The van der Waals surface area contributed by atoms with Gasteiger partial charge >= 0.3 is 0 Å².